The minimum absolute atomic E-state index is 0.237. The molecule has 3 aromatic rings. The molecule has 0 unspecified atom stereocenters. The van der Waals surface area contributed by atoms with Crippen LogP contribution in [-0.2, 0) is 6.61 Å². The first-order valence-electron chi connectivity index (χ1n) is 7.95. The third kappa shape index (κ3) is 4.54. The zero-order valence-electron chi connectivity index (χ0n) is 13.8. The van der Waals surface area contributed by atoms with Crippen LogP contribution in [0.25, 0.3) is 0 Å². The number of nitrogens with zero attached hydrogens (tertiary/aromatic N) is 1. The second-order valence-corrected chi connectivity index (χ2v) is 5.56. The quantitative estimate of drug-likeness (QED) is 0.647. The lowest BCUT2D eigenvalue weighted by Gasteiger charge is -2.09. The van der Waals surface area contributed by atoms with Gasteiger partial charge in [-0.05, 0) is 54.1 Å². The van der Waals surface area contributed by atoms with E-state index in [-0.39, 0.29) is 11.4 Å². The first kappa shape index (κ1) is 17.4. The van der Waals surface area contributed by atoms with Gasteiger partial charge in [0.1, 0.15) is 18.2 Å². The number of halogens is 1. The van der Waals surface area contributed by atoms with Crippen molar-refractivity contribution in [3.05, 3.63) is 95.3 Å². The smallest absolute Gasteiger partial charge is 0.335 e. The van der Waals surface area contributed by atoms with Gasteiger partial charge in [-0.1, -0.05) is 24.3 Å². The van der Waals surface area contributed by atoms with Crippen LogP contribution in [0.15, 0.2) is 77.8 Å². The monoisotopic (exact) mass is 349 g/mol. The molecule has 4 nitrogen and oxygen atoms in total. The maximum atomic E-state index is 12.9. The number of aromatic carboxylic acids is 1. The Morgan fingerprint density at radius 3 is 2.38 bits per heavy atom. The highest BCUT2D eigenvalue weighted by Gasteiger charge is 2.04. The van der Waals surface area contributed by atoms with E-state index in [1.54, 1.807) is 42.6 Å². The van der Waals surface area contributed by atoms with Crippen molar-refractivity contribution >= 4 is 17.9 Å². The molecule has 0 radical (unpaired) electrons. The fraction of sp³-hybridized carbons (Fsp3) is 0.0476. The van der Waals surface area contributed by atoms with Crippen LogP contribution in [0.4, 0.5) is 10.1 Å². The van der Waals surface area contributed by atoms with Crippen LogP contribution < -0.4 is 4.74 Å². The lowest BCUT2D eigenvalue weighted by molar-refractivity contribution is 0.0697. The van der Waals surface area contributed by atoms with E-state index >= 15 is 0 Å². The van der Waals surface area contributed by atoms with Crippen LogP contribution in [0.5, 0.6) is 5.75 Å². The Kier molecular flexibility index (Phi) is 5.39. The molecular formula is C21H16FNO3. The summed E-state index contributed by atoms with van der Waals surface area (Å²) in [5, 5.41) is 8.92. The summed E-state index contributed by atoms with van der Waals surface area (Å²) in [5.41, 5.74) is 2.53. The van der Waals surface area contributed by atoms with Gasteiger partial charge in [-0.25, -0.2) is 9.18 Å². The minimum atomic E-state index is -0.959. The molecule has 0 saturated heterocycles. The predicted molar refractivity (Wildman–Crippen MR) is 97.8 cm³/mol. The van der Waals surface area contributed by atoms with Crippen LogP contribution >= 0.6 is 0 Å². The summed E-state index contributed by atoms with van der Waals surface area (Å²) in [5.74, 6) is -0.609. The molecule has 0 fully saturated rings. The van der Waals surface area contributed by atoms with Crippen molar-refractivity contribution in [3.63, 3.8) is 0 Å². The van der Waals surface area contributed by atoms with Crippen molar-refractivity contribution < 1.29 is 19.0 Å². The van der Waals surface area contributed by atoms with Crippen molar-refractivity contribution in [1.82, 2.24) is 0 Å². The molecule has 0 atom stereocenters. The van der Waals surface area contributed by atoms with Crippen molar-refractivity contribution in [2.75, 3.05) is 0 Å². The predicted octanol–water partition coefficient (Wildman–Crippen LogP) is 4.85. The Hall–Kier alpha value is -3.47. The zero-order valence-corrected chi connectivity index (χ0v) is 13.8. The molecule has 1 N–H and O–H groups in total. The first-order chi connectivity index (χ1) is 12.6. The second-order valence-electron chi connectivity index (χ2n) is 5.56. The van der Waals surface area contributed by atoms with Crippen LogP contribution in [0.1, 0.15) is 21.5 Å². The summed E-state index contributed by atoms with van der Waals surface area (Å²) in [7, 11) is 0. The number of hydrogen-bond donors (Lipinski definition) is 1. The van der Waals surface area contributed by atoms with Crippen LogP contribution in [0.3, 0.4) is 0 Å². The van der Waals surface area contributed by atoms with E-state index in [1.807, 2.05) is 24.3 Å². The molecule has 130 valence electrons. The Morgan fingerprint density at radius 2 is 1.69 bits per heavy atom. The van der Waals surface area contributed by atoms with Gasteiger partial charge in [-0.15, -0.1) is 0 Å². The summed E-state index contributed by atoms with van der Waals surface area (Å²) in [6, 6.07) is 19.9. The Bertz CT molecular complexity index is 919. The molecule has 0 saturated carbocycles. The number of carboxylic acids is 1. The topological polar surface area (TPSA) is 58.9 Å². The Balaban J connectivity index is 1.70. The third-order valence-electron chi connectivity index (χ3n) is 3.69. The fourth-order valence-corrected chi connectivity index (χ4v) is 2.29. The zero-order chi connectivity index (χ0) is 18.4. The number of rotatable bonds is 6. The van der Waals surface area contributed by atoms with Gasteiger partial charge in [0, 0.05) is 11.8 Å². The molecule has 0 aliphatic rings. The Labute approximate surface area is 150 Å². The van der Waals surface area contributed by atoms with E-state index < -0.39 is 5.97 Å². The van der Waals surface area contributed by atoms with Crippen molar-refractivity contribution in [2.24, 2.45) is 4.99 Å². The number of ether oxygens (including phenoxy) is 1. The molecule has 26 heavy (non-hydrogen) atoms. The second kappa shape index (κ2) is 8.07. The standard InChI is InChI=1S/C21H16FNO3/c22-18-9-11-19(12-10-18)23-13-17-3-1-2-4-20(17)26-14-15-5-7-16(8-6-15)21(24)25/h1-13H,14H2,(H,24,25). The number of benzene rings is 3. The maximum absolute atomic E-state index is 12.9. The fourth-order valence-electron chi connectivity index (χ4n) is 2.29. The van der Waals surface area contributed by atoms with E-state index in [9.17, 15) is 9.18 Å². The van der Waals surface area contributed by atoms with Gasteiger partial charge < -0.3 is 9.84 Å². The summed E-state index contributed by atoms with van der Waals surface area (Å²) >= 11 is 0. The van der Waals surface area contributed by atoms with Gasteiger partial charge in [0.2, 0.25) is 0 Å². The molecule has 0 spiro atoms. The van der Waals surface area contributed by atoms with Crippen LogP contribution in [-0.4, -0.2) is 17.3 Å². The SMILES string of the molecule is O=C(O)c1ccc(COc2ccccc2C=Nc2ccc(F)cc2)cc1. The van der Waals surface area contributed by atoms with Gasteiger partial charge in [-0.2, -0.15) is 0 Å². The molecular weight excluding hydrogens is 333 g/mol. The highest BCUT2D eigenvalue weighted by atomic mass is 19.1. The maximum Gasteiger partial charge on any atom is 0.335 e. The van der Waals surface area contributed by atoms with Crippen LogP contribution in [0.2, 0.25) is 0 Å². The molecule has 0 amide bonds. The molecule has 0 heterocycles. The van der Waals surface area contributed by atoms with Gasteiger partial charge in [0.05, 0.1) is 11.3 Å². The van der Waals surface area contributed by atoms with Crippen LogP contribution in [0, 0.1) is 5.82 Å². The summed E-state index contributed by atoms with van der Waals surface area (Å²) in [6.07, 6.45) is 1.66. The molecule has 3 aromatic carbocycles. The molecule has 5 heteroatoms. The van der Waals surface area contributed by atoms with Crippen molar-refractivity contribution in [2.45, 2.75) is 6.61 Å². The number of hydrogen-bond acceptors (Lipinski definition) is 3. The summed E-state index contributed by atoms with van der Waals surface area (Å²) in [4.78, 5) is 15.2. The van der Waals surface area contributed by atoms with E-state index in [4.69, 9.17) is 9.84 Å². The van der Waals surface area contributed by atoms with Crippen molar-refractivity contribution in [1.29, 1.82) is 0 Å². The average Bonchev–Trinajstić information content (AvgIpc) is 2.67. The highest BCUT2D eigenvalue weighted by Crippen LogP contribution is 2.20. The number of carbonyl (C=O) groups is 1. The first-order valence-corrected chi connectivity index (χ1v) is 7.95. The molecule has 0 aliphatic carbocycles. The average molecular weight is 349 g/mol. The van der Waals surface area contributed by atoms with Gasteiger partial charge in [0.25, 0.3) is 0 Å². The lowest BCUT2D eigenvalue weighted by atomic mass is 10.1. The largest absolute Gasteiger partial charge is 0.488 e. The van der Waals surface area contributed by atoms with Gasteiger partial charge >= 0.3 is 5.97 Å². The number of carboxylic acid groups (broad SMARTS) is 1. The molecule has 0 aliphatic heterocycles. The van der Waals surface area contributed by atoms with Gasteiger partial charge in [0.15, 0.2) is 0 Å². The minimum Gasteiger partial charge on any atom is -0.488 e. The van der Waals surface area contributed by atoms with E-state index in [0.29, 0.717) is 18.0 Å². The van der Waals surface area contributed by atoms with E-state index in [1.165, 1.54) is 12.1 Å². The highest BCUT2D eigenvalue weighted by molar-refractivity contribution is 5.87. The summed E-state index contributed by atoms with van der Waals surface area (Å²) < 4.78 is 18.8. The molecule has 0 bridgehead atoms. The Morgan fingerprint density at radius 1 is 1.00 bits per heavy atom. The number of para-hydroxylation sites is 1. The van der Waals surface area contributed by atoms with E-state index in [0.717, 1.165) is 11.1 Å². The molecule has 0 aromatic heterocycles. The molecule has 3 rings (SSSR count). The third-order valence-corrected chi connectivity index (χ3v) is 3.69. The lowest BCUT2D eigenvalue weighted by Crippen LogP contribution is -2.00. The normalized spacial score (nSPS) is 10.8. The number of aliphatic imine (C=N–C) groups is 1. The van der Waals surface area contributed by atoms with E-state index in [2.05, 4.69) is 4.99 Å². The summed E-state index contributed by atoms with van der Waals surface area (Å²) in [6.45, 7) is 0.307. The van der Waals surface area contributed by atoms with Crippen molar-refractivity contribution in [3.8, 4) is 5.75 Å². The van der Waals surface area contributed by atoms with Gasteiger partial charge in [-0.3, -0.25) is 4.99 Å².